The molecule has 1 fully saturated rings. The molecule has 5 rings (SSSR count). The molecule has 0 bridgehead atoms. The van der Waals surface area contributed by atoms with Crippen LogP contribution in [0.25, 0.3) is 27.8 Å². The molecule has 4 heterocycles. The van der Waals surface area contributed by atoms with Crippen molar-refractivity contribution < 1.29 is 0 Å². The van der Waals surface area contributed by atoms with Crippen molar-refractivity contribution in [1.82, 2.24) is 29.7 Å². The molecular formula is C20H23N7. The molecule has 0 aliphatic carbocycles. The molecule has 0 saturated carbocycles. The van der Waals surface area contributed by atoms with Gasteiger partial charge in [-0.1, -0.05) is 12.1 Å². The average molecular weight is 361 g/mol. The van der Waals surface area contributed by atoms with E-state index in [0.29, 0.717) is 6.04 Å². The Morgan fingerprint density at radius 2 is 1.96 bits per heavy atom. The summed E-state index contributed by atoms with van der Waals surface area (Å²) in [5.41, 5.74) is 3.93. The minimum absolute atomic E-state index is 0.527. The van der Waals surface area contributed by atoms with Crippen molar-refractivity contribution in [3.05, 3.63) is 42.7 Å². The van der Waals surface area contributed by atoms with Gasteiger partial charge in [0, 0.05) is 24.0 Å². The number of imidazole rings is 1. The Morgan fingerprint density at radius 1 is 1.11 bits per heavy atom. The van der Waals surface area contributed by atoms with Crippen LogP contribution in [0.15, 0.2) is 42.7 Å². The first-order chi connectivity index (χ1) is 13.2. The number of nitrogens with one attached hydrogen (secondary N) is 1. The van der Waals surface area contributed by atoms with Crippen molar-refractivity contribution >= 4 is 22.4 Å². The van der Waals surface area contributed by atoms with E-state index < -0.39 is 0 Å². The van der Waals surface area contributed by atoms with Gasteiger partial charge in [0.05, 0.1) is 23.6 Å². The van der Waals surface area contributed by atoms with Crippen molar-refractivity contribution in [3.63, 3.8) is 0 Å². The van der Waals surface area contributed by atoms with Crippen LogP contribution in [0.1, 0.15) is 12.8 Å². The highest BCUT2D eigenvalue weighted by Gasteiger charge is 2.22. The van der Waals surface area contributed by atoms with Gasteiger partial charge in [0.2, 0.25) is 0 Å². The molecule has 27 heavy (non-hydrogen) atoms. The van der Waals surface area contributed by atoms with E-state index in [2.05, 4.69) is 63.3 Å². The van der Waals surface area contributed by atoms with Gasteiger partial charge in [0.25, 0.3) is 0 Å². The van der Waals surface area contributed by atoms with Crippen molar-refractivity contribution in [2.24, 2.45) is 0 Å². The van der Waals surface area contributed by atoms with Crippen LogP contribution in [0.4, 0.5) is 5.82 Å². The standard InChI is InChI=1S/C20H23N7/c1-25-9-7-16(8-10-25)26(2)20-6-5-19-21-13-18(27(19)24-20)14-3-4-15-12-22-23-17(15)11-14/h3-6,11-13,16H,7-10H2,1-2H3,(H,22,23). The maximum Gasteiger partial charge on any atom is 0.154 e. The van der Waals surface area contributed by atoms with E-state index in [1.807, 2.05) is 23.0 Å². The molecular weight excluding hydrogens is 338 g/mol. The lowest BCUT2D eigenvalue weighted by molar-refractivity contribution is 0.252. The van der Waals surface area contributed by atoms with Gasteiger partial charge in [-0.3, -0.25) is 5.10 Å². The van der Waals surface area contributed by atoms with Crippen LogP contribution in [0.2, 0.25) is 0 Å². The van der Waals surface area contributed by atoms with Crippen molar-refractivity contribution in [2.75, 3.05) is 32.1 Å². The first-order valence-corrected chi connectivity index (χ1v) is 9.39. The Labute approximate surface area is 157 Å². The van der Waals surface area contributed by atoms with Crippen molar-refractivity contribution in [1.29, 1.82) is 0 Å². The van der Waals surface area contributed by atoms with Crippen LogP contribution in [-0.2, 0) is 0 Å². The number of hydrogen-bond acceptors (Lipinski definition) is 5. The van der Waals surface area contributed by atoms with Crippen LogP contribution < -0.4 is 4.90 Å². The number of piperidine rings is 1. The molecule has 1 N–H and O–H groups in total. The second-order valence-electron chi connectivity index (χ2n) is 7.42. The molecule has 1 saturated heterocycles. The number of nitrogens with zero attached hydrogens (tertiary/aromatic N) is 6. The Bertz CT molecular complexity index is 1090. The molecule has 1 aliphatic rings. The van der Waals surface area contributed by atoms with Crippen LogP contribution >= 0.6 is 0 Å². The van der Waals surface area contributed by atoms with Gasteiger partial charge in [-0.15, -0.1) is 5.10 Å². The minimum atomic E-state index is 0.527. The van der Waals surface area contributed by atoms with E-state index in [0.717, 1.165) is 46.7 Å². The maximum absolute atomic E-state index is 4.91. The van der Waals surface area contributed by atoms with E-state index in [-0.39, 0.29) is 0 Å². The van der Waals surface area contributed by atoms with E-state index in [1.54, 1.807) is 0 Å². The summed E-state index contributed by atoms with van der Waals surface area (Å²) < 4.78 is 1.94. The highest BCUT2D eigenvalue weighted by Crippen LogP contribution is 2.26. The quantitative estimate of drug-likeness (QED) is 0.608. The van der Waals surface area contributed by atoms with Gasteiger partial charge in [-0.2, -0.15) is 5.10 Å². The predicted octanol–water partition coefficient (Wildman–Crippen LogP) is 2.80. The van der Waals surface area contributed by atoms with E-state index in [1.165, 1.54) is 12.8 Å². The summed E-state index contributed by atoms with van der Waals surface area (Å²) in [6, 6.07) is 10.9. The molecule has 0 unspecified atom stereocenters. The zero-order chi connectivity index (χ0) is 18.4. The third kappa shape index (κ3) is 2.84. The van der Waals surface area contributed by atoms with Crippen molar-refractivity contribution in [3.8, 4) is 11.3 Å². The highest BCUT2D eigenvalue weighted by molar-refractivity contribution is 5.83. The lowest BCUT2D eigenvalue weighted by Gasteiger charge is -2.35. The lowest BCUT2D eigenvalue weighted by Crippen LogP contribution is -2.42. The fourth-order valence-corrected chi connectivity index (χ4v) is 3.91. The van der Waals surface area contributed by atoms with E-state index >= 15 is 0 Å². The van der Waals surface area contributed by atoms with Gasteiger partial charge in [-0.25, -0.2) is 9.50 Å². The Kier molecular flexibility index (Phi) is 3.82. The SMILES string of the molecule is CN1CCC(N(C)c2ccc3ncc(-c4ccc5cn[nH]c5c4)n3n2)CC1. The summed E-state index contributed by atoms with van der Waals surface area (Å²) in [5, 5.41) is 13.2. The number of rotatable bonds is 3. The van der Waals surface area contributed by atoms with Crippen LogP contribution in [-0.4, -0.2) is 62.9 Å². The normalized spacial score (nSPS) is 16.4. The third-order valence-corrected chi connectivity index (χ3v) is 5.68. The zero-order valence-electron chi connectivity index (χ0n) is 15.6. The number of benzene rings is 1. The van der Waals surface area contributed by atoms with Gasteiger partial charge in [-0.05, 0) is 51.2 Å². The number of anilines is 1. The maximum atomic E-state index is 4.91. The van der Waals surface area contributed by atoms with Crippen LogP contribution in [0.3, 0.4) is 0 Å². The summed E-state index contributed by atoms with van der Waals surface area (Å²) in [5.74, 6) is 0.985. The number of fused-ring (bicyclic) bond motifs is 2. The Balaban J connectivity index is 1.52. The number of likely N-dealkylation sites (tertiary alicyclic amines) is 1. The summed E-state index contributed by atoms with van der Waals surface area (Å²) in [4.78, 5) is 9.24. The van der Waals surface area contributed by atoms with Crippen molar-refractivity contribution in [2.45, 2.75) is 18.9 Å². The van der Waals surface area contributed by atoms with Gasteiger partial charge in [0.1, 0.15) is 5.82 Å². The van der Waals surface area contributed by atoms with Gasteiger partial charge < -0.3 is 9.80 Å². The van der Waals surface area contributed by atoms with Crippen LogP contribution in [0, 0.1) is 0 Å². The second-order valence-corrected chi connectivity index (χ2v) is 7.42. The molecule has 7 heteroatoms. The molecule has 0 spiro atoms. The third-order valence-electron chi connectivity index (χ3n) is 5.68. The number of H-pyrrole nitrogens is 1. The van der Waals surface area contributed by atoms with Crippen LogP contribution in [0.5, 0.6) is 0 Å². The molecule has 0 amide bonds. The number of aromatic nitrogens is 5. The van der Waals surface area contributed by atoms with Gasteiger partial charge >= 0.3 is 0 Å². The van der Waals surface area contributed by atoms with Gasteiger partial charge in [0.15, 0.2) is 5.65 Å². The zero-order valence-corrected chi connectivity index (χ0v) is 15.6. The molecule has 138 valence electrons. The largest absolute Gasteiger partial charge is 0.355 e. The van der Waals surface area contributed by atoms with E-state index in [9.17, 15) is 0 Å². The Morgan fingerprint density at radius 3 is 2.81 bits per heavy atom. The van der Waals surface area contributed by atoms with E-state index in [4.69, 9.17) is 5.10 Å². The molecule has 0 atom stereocenters. The number of aromatic amines is 1. The minimum Gasteiger partial charge on any atom is -0.355 e. The average Bonchev–Trinajstić information content (AvgIpc) is 3.33. The molecule has 4 aromatic rings. The summed E-state index contributed by atoms with van der Waals surface area (Å²) >= 11 is 0. The highest BCUT2D eigenvalue weighted by atomic mass is 15.3. The molecule has 0 radical (unpaired) electrons. The smallest absolute Gasteiger partial charge is 0.154 e. The predicted molar refractivity (Wildman–Crippen MR) is 107 cm³/mol. The number of hydrogen-bond donors (Lipinski definition) is 1. The fourth-order valence-electron chi connectivity index (χ4n) is 3.91. The molecule has 7 nitrogen and oxygen atoms in total. The Hall–Kier alpha value is -2.93. The first kappa shape index (κ1) is 16.3. The fraction of sp³-hybridized carbons (Fsp3) is 0.350. The summed E-state index contributed by atoms with van der Waals surface area (Å²) in [7, 11) is 4.34. The lowest BCUT2D eigenvalue weighted by atomic mass is 10.0. The summed E-state index contributed by atoms with van der Waals surface area (Å²) in [6.45, 7) is 2.27. The monoisotopic (exact) mass is 361 g/mol. The molecule has 3 aromatic heterocycles. The topological polar surface area (TPSA) is 65.4 Å². The summed E-state index contributed by atoms with van der Waals surface area (Å²) in [6.07, 6.45) is 6.06. The second kappa shape index (κ2) is 6.35. The first-order valence-electron chi connectivity index (χ1n) is 9.39. The molecule has 1 aromatic carbocycles. The molecule has 1 aliphatic heterocycles.